The molecule has 0 aliphatic carbocycles. The van der Waals surface area contributed by atoms with Crippen LogP contribution in [0.3, 0.4) is 0 Å². The fraction of sp³-hybridized carbons (Fsp3) is 0.350. The summed E-state index contributed by atoms with van der Waals surface area (Å²) >= 11 is 0. The van der Waals surface area contributed by atoms with Gasteiger partial charge in [0.2, 0.25) is 0 Å². The van der Waals surface area contributed by atoms with Crippen molar-refractivity contribution < 1.29 is 4.39 Å². The van der Waals surface area contributed by atoms with E-state index in [0.717, 1.165) is 38.4 Å². The first kappa shape index (κ1) is 19.0. The van der Waals surface area contributed by atoms with Crippen LogP contribution in [0, 0.1) is 5.82 Å². The summed E-state index contributed by atoms with van der Waals surface area (Å²) < 4.78 is 16.1. The molecule has 0 saturated carbocycles. The van der Waals surface area contributed by atoms with Crippen molar-refractivity contribution in [3.05, 3.63) is 55.1 Å². The van der Waals surface area contributed by atoms with Crippen LogP contribution in [0.2, 0.25) is 0 Å². The molecule has 1 saturated heterocycles. The zero-order valence-corrected chi connectivity index (χ0v) is 16.2. The van der Waals surface area contributed by atoms with Gasteiger partial charge in [-0.15, -0.1) is 0 Å². The van der Waals surface area contributed by atoms with Crippen LogP contribution in [-0.4, -0.2) is 52.2 Å². The van der Waals surface area contributed by atoms with E-state index in [1.54, 1.807) is 18.6 Å². The van der Waals surface area contributed by atoms with Gasteiger partial charge in [-0.1, -0.05) is 12.1 Å². The molecule has 3 aromatic rings. The van der Waals surface area contributed by atoms with Crippen molar-refractivity contribution in [2.24, 2.45) is 0 Å². The second kappa shape index (κ2) is 8.76. The summed E-state index contributed by atoms with van der Waals surface area (Å²) in [5.74, 6) is 1.19. The van der Waals surface area contributed by atoms with Crippen LogP contribution in [0.4, 0.5) is 27.4 Å². The standard InChI is InChI=1S/C20H25FN8/c21-16-4-1-2-5-17(16)28-10-12-29(13-11-28)20-18(22)19(25-14-26-20)24-6-3-8-27-9-7-23-15-27/h1-2,4-5,7,9,14-15H,3,6,8,10-13,22H2,(H,24,25,26). The molecule has 29 heavy (non-hydrogen) atoms. The highest BCUT2D eigenvalue weighted by molar-refractivity contribution is 5.75. The third-order valence-corrected chi connectivity index (χ3v) is 5.08. The summed E-state index contributed by atoms with van der Waals surface area (Å²) in [5.41, 5.74) is 7.54. The number of piperazine rings is 1. The molecule has 1 fully saturated rings. The van der Waals surface area contributed by atoms with Crippen LogP contribution in [0.15, 0.2) is 49.3 Å². The Balaban J connectivity index is 1.34. The van der Waals surface area contributed by atoms with Gasteiger partial charge < -0.3 is 25.4 Å². The number of aryl methyl sites for hydroxylation is 1. The van der Waals surface area contributed by atoms with Gasteiger partial charge in [-0.25, -0.2) is 19.3 Å². The number of nitrogen functional groups attached to an aromatic ring is 1. The second-order valence-electron chi connectivity index (χ2n) is 6.97. The van der Waals surface area contributed by atoms with E-state index in [0.29, 0.717) is 30.3 Å². The first-order valence-electron chi connectivity index (χ1n) is 9.77. The Kier molecular flexibility index (Phi) is 5.73. The Morgan fingerprint density at radius 2 is 1.86 bits per heavy atom. The number of halogens is 1. The third kappa shape index (κ3) is 4.39. The predicted molar refractivity (Wildman–Crippen MR) is 113 cm³/mol. The van der Waals surface area contributed by atoms with E-state index in [4.69, 9.17) is 5.73 Å². The SMILES string of the molecule is Nc1c(NCCCn2ccnc2)ncnc1N1CCN(c2ccccc2F)CC1. The number of nitrogens with zero attached hydrogens (tertiary/aromatic N) is 6. The predicted octanol–water partition coefficient (Wildman–Crippen LogP) is 2.22. The highest BCUT2D eigenvalue weighted by Gasteiger charge is 2.22. The maximum absolute atomic E-state index is 14.0. The third-order valence-electron chi connectivity index (χ3n) is 5.08. The van der Waals surface area contributed by atoms with Gasteiger partial charge in [0.25, 0.3) is 0 Å². The first-order chi connectivity index (χ1) is 14.2. The Bertz CT molecular complexity index is 922. The molecular weight excluding hydrogens is 371 g/mol. The topological polar surface area (TPSA) is 88.1 Å². The molecule has 3 heterocycles. The lowest BCUT2D eigenvalue weighted by atomic mass is 10.2. The number of imidazole rings is 1. The van der Waals surface area contributed by atoms with E-state index >= 15 is 0 Å². The highest BCUT2D eigenvalue weighted by atomic mass is 19.1. The normalized spacial score (nSPS) is 14.2. The van der Waals surface area contributed by atoms with E-state index in [1.807, 2.05) is 22.9 Å². The lowest BCUT2D eigenvalue weighted by Crippen LogP contribution is -2.47. The molecule has 3 N–H and O–H groups in total. The summed E-state index contributed by atoms with van der Waals surface area (Å²) in [6.07, 6.45) is 7.98. The minimum Gasteiger partial charge on any atom is -0.393 e. The number of aromatic nitrogens is 4. The van der Waals surface area contributed by atoms with Crippen LogP contribution in [-0.2, 0) is 6.54 Å². The number of benzene rings is 1. The van der Waals surface area contributed by atoms with E-state index in [1.165, 1.54) is 12.4 Å². The molecule has 0 atom stereocenters. The van der Waals surface area contributed by atoms with Crippen molar-refractivity contribution in [3.63, 3.8) is 0 Å². The van der Waals surface area contributed by atoms with E-state index in [2.05, 4.69) is 30.1 Å². The van der Waals surface area contributed by atoms with Gasteiger partial charge in [0, 0.05) is 51.7 Å². The molecule has 0 radical (unpaired) electrons. The number of para-hydroxylation sites is 1. The molecule has 8 nitrogen and oxygen atoms in total. The number of hydrogen-bond acceptors (Lipinski definition) is 7. The number of nitrogens with two attached hydrogens (primary N) is 1. The highest BCUT2D eigenvalue weighted by Crippen LogP contribution is 2.28. The summed E-state index contributed by atoms with van der Waals surface area (Å²) in [4.78, 5) is 16.9. The lowest BCUT2D eigenvalue weighted by Gasteiger charge is -2.37. The number of nitrogens with one attached hydrogen (secondary N) is 1. The monoisotopic (exact) mass is 396 g/mol. The molecule has 1 aliphatic heterocycles. The van der Waals surface area contributed by atoms with Gasteiger partial charge in [-0.2, -0.15) is 0 Å². The van der Waals surface area contributed by atoms with Gasteiger partial charge >= 0.3 is 0 Å². The Morgan fingerprint density at radius 1 is 1.07 bits per heavy atom. The largest absolute Gasteiger partial charge is 0.393 e. The maximum atomic E-state index is 14.0. The molecule has 1 aromatic carbocycles. The van der Waals surface area contributed by atoms with Gasteiger partial charge in [-0.05, 0) is 18.6 Å². The summed E-state index contributed by atoms with van der Waals surface area (Å²) in [6.45, 7) is 4.48. The summed E-state index contributed by atoms with van der Waals surface area (Å²) in [5, 5.41) is 3.30. The smallest absolute Gasteiger partial charge is 0.157 e. The summed E-state index contributed by atoms with van der Waals surface area (Å²) in [7, 11) is 0. The zero-order chi connectivity index (χ0) is 20.1. The fourth-order valence-electron chi connectivity index (χ4n) is 3.53. The minimum absolute atomic E-state index is 0.190. The number of anilines is 4. The number of hydrogen-bond donors (Lipinski definition) is 2. The summed E-state index contributed by atoms with van der Waals surface area (Å²) in [6, 6.07) is 6.88. The molecule has 1 aliphatic rings. The van der Waals surface area contributed by atoms with E-state index in [9.17, 15) is 4.39 Å². The number of rotatable bonds is 7. The molecule has 2 aromatic heterocycles. The molecule has 0 bridgehead atoms. The maximum Gasteiger partial charge on any atom is 0.157 e. The van der Waals surface area contributed by atoms with Gasteiger partial charge in [0.1, 0.15) is 17.8 Å². The average molecular weight is 396 g/mol. The van der Waals surface area contributed by atoms with Crippen molar-refractivity contribution >= 4 is 23.0 Å². The van der Waals surface area contributed by atoms with Crippen LogP contribution < -0.4 is 20.9 Å². The molecular formula is C20H25FN8. The van der Waals surface area contributed by atoms with E-state index < -0.39 is 0 Å². The molecule has 4 rings (SSSR count). The van der Waals surface area contributed by atoms with Gasteiger partial charge in [-0.3, -0.25) is 0 Å². The minimum atomic E-state index is -0.190. The molecule has 152 valence electrons. The van der Waals surface area contributed by atoms with Crippen molar-refractivity contribution in [1.29, 1.82) is 0 Å². The van der Waals surface area contributed by atoms with Crippen molar-refractivity contribution in [3.8, 4) is 0 Å². The van der Waals surface area contributed by atoms with Crippen molar-refractivity contribution in [2.45, 2.75) is 13.0 Å². The molecule has 0 amide bonds. The Labute approximate surface area is 169 Å². The van der Waals surface area contributed by atoms with Crippen LogP contribution in [0.25, 0.3) is 0 Å². The van der Waals surface area contributed by atoms with Crippen LogP contribution >= 0.6 is 0 Å². The van der Waals surface area contributed by atoms with E-state index in [-0.39, 0.29) is 5.82 Å². The lowest BCUT2D eigenvalue weighted by molar-refractivity contribution is 0.596. The van der Waals surface area contributed by atoms with Crippen molar-refractivity contribution in [2.75, 3.05) is 53.6 Å². The van der Waals surface area contributed by atoms with Crippen molar-refractivity contribution in [1.82, 2.24) is 19.5 Å². The fourth-order valence-corrected chi connectivity index (χ4v) is 3.53. The van der Waals surface area contributed by atoms with Gasteiger partial charge in [0.15, 0.2) is 11.6 Å². The Morgan fingerprint density at radius 3 is 2.62 bits per heavy atom. The van der Waals surface area contributed by atoms with Crippen LogP contribution in [0.5, 0.6) is 0 Å². The Hall–Kier alpha value is -3.36. The zero-order valence-electron chi connectivity index (χ0n) is 16.2. The second-order valence-corrected chi connectivity index (χ2v) is 6.97. The van der Waals surface area contributed by atoms with Crippen LogP contribution in [0.1, 0.15) is 6.42 Å². The average Bonchev–Trinajstić information content (AvgIpc) is 3.26. The molecule has 9 heteroatoms. The quantitative estimate of drug-likeness (QED) is 0.592. The molecule has 0 spiro atoms. The first-order valence-corrected chi connectivity index (χ1v) is 9.77. The molecule has 0 unspecified atom stereocenters. The van der Waals surface area contributed by atoms with Gasteiger partial charge in [0.05, 0.1) is 12.0 Å².